The number of nitrogens with two attached hydrogens (primary N) is 1. The van der Waals surface area contributed by atoms with Crippen LogP contribution in [0.5, 0.6) is 0 Å². The average Bonchev–Trinajstić information content (AvgIpc) is 2.93. The Balaban J connectivity index is 2.08. The second-order valence-corrected chi connectivity index (χ2v) is 5.22. The quantitative estimate of drug-likeness (QED) is 0.351. The van der Waals surface area contributed by atoms with E-state index in [0.29, 0.717) is 22.7 Å². The summed E-state index contributed by atoms with van der Waals surface area (Å²) in [7, 11) is 0. The fourth-order valence-corrected chi connectivity index (χ4v) is 2.50. The molecule has 1 aromatic carbocycles. The molecule has 0 aliphatic rings. The first-order chi connectivity index (χ1) is 9.60. The van der Waals surface area contributed by atoms with Gasteiger partial charge in [-0.25, -0.2) is 0 Å². The van der Waals surface area contributed by atoms with Gasteiger partial charge in [-0.3, -0.25) is 4.79 Å². The summed E-state index contributed by atoms with van der Waals surface area (Å²) < 4.78 is 0. The lowest BCUT2D eigenvalue weighted by molar-refractivity contribution is -0.115. The third-order valence-corrected chi connectivity index (χ3v) is 3.64. The van der Waals surface area contributed by atoms with Crippen LogP contribution < -0.4 is 11.1 Å². The van der Waals surface area contributed by atoms with Crippen LogP contribution in [0.2, 0.25) is 5.02 Å². The molecule has 2 rings (SSSR count). The molecule has 0 spiro atoms. The van der Waals surface area contributed by atoms with Gasteiger partial charge in [0.15, 0.2) is 5.84 Å². The summed E-state index contributed by atoms with van der Waals surface area (Å²) in [5, 5.41) is 18.4. The van der Waals surface area contributed by atoms with Gasteiger partial charge in [0.25, 0.3) is 0 Å². The predicted octanol–water partition coefficient (Wildman–Crippen LogP) is 2.68. The zero-order valence-corrected chi connectivity index (χ0v) is 11.9. The number of nitrogens with one attached hydrogen (secondary N) is 1. The third kappa shape index (κ3) is 3.49. The minimum atomic E-state index is -0.151. The number of benzene rings is 1. The number of rotatable bonds is 4. The number of thiophene rings is 1. The second kappa shape index (κ2) is 6.40. The average molecular weight is 310 g/mol. The van der Waals surface area contributed by atoms with Gasteiger partial charge in [0, 0.05) is 5.56 Å². The van der Waals surface area contributed by atoms with E-state index in [2.05, 4.69) is 10.5 Å². The van der Waals surface area contributed by atoms with Gasteiger partial charge in [0.2, 0.25) is 5.91 Å². The number of amides is 1. The molecule has 20 heavy (non-hydrogen) atoms. The fraction of sp³-hybridized carbons (Fsp3) is 0.0769. The van der Waals surface area contributed by atoms with Crippen molar-refractivity contribution in [1.82, 2.24) is 0 Å². The van der Waals surface area contributed by atoms with Gasteiger partial charge in [-0.15, -0.1) is 0 Å². The summed E-state index contributed by atoms with van der Waals surface area (Å²) in [4.78, 5) is 11.9. The molecule has 0 bridgehead atoms. The molecule has 1 heterocycles. The molecular weight excluding hydrogens is 298 g/mol. The van der Waals surface area contributed by atoms with E-state index in [1.54, 1.807) is 23.5 Å². The van der Waals surface area contributed by atoms with Crippen molar-refractivity contribution in [2.75, 3.05) is 5.32 Å². The fourth-order valence-electron chi connectivity index (χ4n) is 1.61. The number of carbonyl (C=O) groups excluding carboxylic acids is 1. The van der Waals surface area contributed by atoms with Crippen molar-refractivity contribution in [2.24, 2.45) is 10.9 Å². The van der Waals surface area contributed by atoms with Crippen LogP contribution in [0.1, 0.15) is 11.1 Å². The van der Waals surface area contributed by atoms with E-state index in [-0.39, 0.29) is 11.7 Å². The van der Waals surface area contributed by atoms with E-state index >= 15 is 0 Å². The maximum absolute atomic E-state index is 11.9. The minimum Gasteiger partial charge on any atom is -0.409 e. The Kier molecular flexibility index (Phi) is 4.60. The molecule has 2 aromatic rings. The number of oxime groups is 1. The molecule has 1 aromatic heterocycles. The van der Waals surface area contributed by atoms with E-state index in [4.69, 9.17) is 22.5 Å². The highest BCUT2D eigenvalue weighted by Crippen LogP contribution is 2.23. The molecular formula is C13H12ClN3O2S. The van der Waals surface area contributed by atoms with E-state index < -0.39 is 0 Å². The van der Waals surface area contributed by atoms with E-state index in [0.717, 1.165) is 5.56 Å². The van der Waals surface area contributed by atoms with Crippen molar-refractivity contribution < 1.29 is 10.0 Å². The van der Waals surface area contributed by atoms with E-state index in [1.807, 2.05) is 16.8 Å². The van der Waals surface area contributed by atoms with E-state index in [9.17, 15) is 4.79 Å². The molecule has 104 valence electrons. The predicted molar refractivity (Wildman–Crippen MR) is 80.6 cm³/mol. The minimum absolute atomic E-state index is 0.0388. The van der Waals surface area contributed by atoms with Crippen LogP contribution in [-0.2, 0) is 11.2 Å². The Morgan fingerprint density at radius 1 is 1.45 bits per heavy atom. The SMILES string of the molecule is N/C(=N/O)c1ccc(NC(=O)Cc2ccsc2)c(Cl)c1. The van der Waals surface area contributed by atoms with Crippen LogP contribution in [0.15, 0.2) is 40.2 Å². The van der Waals surface area contributed by atoms with Gasteiger partial charge < -0.3 is 16.3 Å². The van der Waals surface area contributed by atoms with Crippen molar-refractivity contribution >= 4 is 40.4 Å². The zero-order chi connectivity index (χ0) is 14.5. The number of carbonyl (C=O) groups is 1. The Hall–Kier alpha value is -2.05. The van der Waals surface area contributed by atoms with Crippen LogP contribution >= 0.6 is 22.9 Å². The first-order valence-corrected chi connectivity index (χ1v) is 7.00. The number of hydrogen-bond acceptors (Lipinski definition) is 4. The zero-order valence-electron chi connectivity index (χ0n) is 10.3. The molecule has 1 amide bonds. The molecule has 7 heteroatoms. The lowest BCUT2D eigenvalue weighted by atomic mass is 10.2. The summed E-state index contributed by atoms with van der Waals surface area (Å²) in [5.74, 6) is -0.190. The van der Waals surface area contributed by atoms with E-state index in [1.165, 1.54) is 6.07 Å². The van der Waals surface area contributed by atoms with Crippen LogP contribution in [0.25, 0.3) is 0 Å². The Morgan fingerprint density at radius 3 is 2.85 bits per heavy atom. The van der Waals surface area contributed by atoms with Gasteiger partial charge >= 0.3 is 0 Å². The molecule has 0 radical (unpaired) electrons. The summed E-state index contributed by atoms with van der Waals surface area (Å²) in [6.45, 7) is 0. The van der Waals surface area contributed by atoms with Crippen molar-refractivity contribution in [1.29, 1.82) is 0 Å². The van der Waals surface area contributed by atoms with Crippen LogP contribution in [0.4, 0.5) is 5.69 Å². The number of amidine groups is 1. The summed E-state index contributed by atoms with van der Waals surface area (Å²) in [5.41, 5.74) is 7.38. The lowest BCUT2D eigenvalue weighted by Gasteiger charge is -2.08. The number of nitrogens with zero attached hydrogens (tertiary/aromatic N) is 1. The standard InChI is InChI=1S/C13H12ClN3O2S/c14-10-6-9(13(15)17-19)1-2-11(10)16-12(18)5-8-3-4-20-7-8/h1-4,6-7,19H,5H2,(H2,15,17)(H,16,18). The largest absolute Gasteiger partial charge is 0.409 e. The monoisotopic (exact) mass is 309 g/mol. The molecule has 0 fully saturated rings. The highest BCUT2D eigenvalue weighted by atomic mass is 35.5. The maximum Gasteiger partial charge on any atom is 0.228 e. The van der Waals surface area contributed by atoms with Crippen molar-refractivity contribution in [2.45, 2.75) is 6.42 Å². The maximum atomic E-state index is 11.9. The Morgan fingerprint density at radius 2 is 2.25 bits per heavy atom. The summed E-state index contributed by atoms with van der Waals surface area (Å²) >= 11 is 7.59. The smallest absolute Gasteiger partial charge is 0.228 e. The van der Waals surface area contributed by atoms with Crippen molar-refractivity contribution in [3.63, 3.8) is 0 Å². The molecule has 0 unspecified atom stereocenters. The number of halogens is 1. The van der Waals surface area contributed by atoms with Crippen LogP contribution in [0, 0.1) is 0 Å². The van der Waals surface area contributed by atoms with Gasteiger partial charge in [-0.2, -0.15) is 11.3 Å². The molecule has 0 atom stereocenters. The molecule has 0 aliphatic carbocycles. The van der Waals surface area contributed by atoms with Gasteiger partial charge in [0.05, 0.1) is 17.1 Å². The van der Waals surface area contributed by atoms with Gasteiger partial charge in [0.1, 0.15) is 0 Å². The first-order valence-electron chi connectivity index (χ1n) is 5.68. The van der Waals surface area contributed by atoms with Crippen LogP contribution in [-0.4, -0.2) is 17.0 Å². The third-order valence-electron chi connectivity index (χ3n) is 2.59. The highest BCUT2D eigenvalue weighted by Gasteiger charge is 2.09. The number of anilines is 1. The highest BCUT2D eigenvalue weighted by molar-refractivity contribution is 7.08. The lowest BCUT2D eigenvalue weighted by Crippen LogP contribution is -2.16. The summed E-state index contributed by atoms with van der Waals surface area (Å²) in [6.07, 6.45) is 0.293. The second-order valence-electron chi connectivity index (χ2n) is 4.04. The molecule has 4 N–H and O–H groups in total. The first kappa shape index (κ1) is 14.4. The number of hydrogen-bond donors (Lipinski definition) is 3. The van der Waals surface area contributed by atoms with Crippen molar-refractivity contribution in [3.8, 4) is 0 Å². The van der Waals surface area contributed by atoms with Crippen LogP contribution in [0.3, 0.4) is 0 Å². The van der Waals surface area contributed by atoms with Gasteiger partial charge in [-0.05, 0) is 40.6 Å². The molecule has 0 saturated heterocycles. The Labute approximate surface area is 124 Å². The molecule has 0 saturated carbocycles. The molecule has 0 aliphatic heterocycles. The topological polar surface area (TPSA) is 87.7 Å². The Bertz CT molecular complexity index is 641. The van der Waals surface area contributed by atoms with Gasteiger partial charge in [-0.1, -0.05) is 16.8 Å². The molecule has 5 nitrogen and oxygen atoms in total. The summed E-state index contributed by atoms with van der Waals surface area (Å²) in [6, 6.07) is 6.65. The van der Waals surface area contributed by atoms with Crippen molar-refractivity contribution in [3.05, 3.63) is 51.2 Å². The normalized spacial score (nSPS) is 11.3.